The second-order valence-corrected chi connectivity index (χ2v) is 5.70. The van der Waals surface area contributed by atoms with E-state index >= 15 is 0 Å². The topological polar surface area (TPSA) is 24.9 Å². The summed E-state index contributed by atoms with van der Waals surface area (Å²) in [6.07, 6.45) is 3.29. The van der Waals surface area contributed by atoms with Crippen LogP contribution in [-0.2, 0) is 6.42 Å². The first-order chi connectivity index (χ1) is 10.1. The molecule has 1 unspecified atom stereocenters. The summed E-state index contributed by atoms with van der Waals surface area (Å²) < 4.78 is 13.0. The minimum Gasteiger partial charge on any atom is -0.308 e. The molecule has 1 atom stereocenters. The van der Waals surface area contributed by atoms with Gasteiger partial charge < -0.3 is 5.32 Å². The van der Waals surface area contributed by atoms with Crippen LogP contribution < -0.4 is 5.32 Å². The lowest BCUT2D eigenvalue weighted by Crippen LogP contribution is -2.25. The number of nitrogens with one attached hydrogen (secondary N) is 1. The Bertz CT molecular complexity index is 587. The molecule has 0 saturated heterocycles. The highest BCUT2D eigenvalue weighted by atomic mass is 35.5. The molecule has 112 valence electrons. The Morgan fingerprint density at radius 3 is 2.57 bits per heavy atom. The molecule has 0 aliphatic rings. The Labute approximate surface area is 134 Å². The Hall–Kier alpha value is -1.16. The van der Waals surface area contributed by atoms with Gasteiger partial charge in [0.25, 0.3) is 0 Å². The van der Waals surface area contributed by atoms with E-state index in [1.807, 2.05) is 0 Å². The van der Waals surface area contributed by atoms with Crippen LogP contribution in [0.25, 0.3) is 0 Å². The molecule has 0 fully saturated rings. The van der Waals surface area contributed by atoms with Gasteiger partial charge in [-0.05, 0) is 43.1 Å². The van der Waals surface area contributed by atoms with Crippen molar-refractivity contribution in [2.45, 2.75) is 25.8 Å². The van der Waals surface area contributed by atoms with Gasteiger partial charge in [0.15, 0.2) is 0 Å². The zero-order chi connectivity index (χ0) is 15.2. The molecule has 0 saturated carbocycles. The SMILES string of the molecule is CCCNC(Cc1ccc(F)cc1)c1ncc(Cl)cc1Cl. The van der Waals surface area contributed by atoms with E-state index in [0.717, 1.165) is 24.2 Å². The summed E-state index contributed by atoms with van der Waals surface area (Å²) in [5.41, 5.74) is 1.79. The Kier molecular flexibility index (Phi) is 5.97. The average molecular weight is 327 g/mol. The number of benzene rings is 1. The normalized spacial score (nSPS) is 12.4. The van der Waals surface area contributed by atoms with Crippen LogP contribution in [0.2, 0.25) is 10.0 Å². The lowest BCUT2D eigenvalue weighted by atomic mass is 10.0. The average Bonchev–Trinajstić information content (AvgIpc) is 2.46. The van der Waals surface area contributed by atoms with Gasteiger partial charge in [-0.2, -0.15) is 0 Å². The fourth-order valence-corrected chi connectivity index (χ4v) is 2.63. The Morgan fingerprint density at radius 2 is 1.95 bits per heavy atom. The second kappa shape index (κ2) is 7.74. The van der Waals surface area contributed by atoms with Crippen LogP contribution in [0.15, 0.2) is 36.5 Å². The van der Waals surface area contributed by atoms with Crippen LogP contribution in [-0.4, -0.2) is 11.5 Å². The van der Waals surface area contributed by atoms with E-state index in [1.54, 1.807) is 24.4 Å². The molecule has 1 heterocycles. The highest BCUT2D eigenvalue weighted by Crippen LogP contribution is 2.26. The van der Waals surface area contributed by atoms with Gasteiger partial charge >= 0.3 is 0 Å². The lowest BCUT2D eigenvalue weighted by molar-refractivity contribution is 0.517. The highest BCUT2D eigenvalue weighted by molar-refractivity contribution is 6.34. The van der Waals surface area contributed by atoms with Crippen molar-refractivity contribution < 1.29 is 4.39 Å². The summed E-state index contributed by atoms with van der Waals surface area (Å²) in [6, 6.07) is 8.14. The van der Waals surface area contributed by atoms with Crippen molar-refractivity contribution in [2.75, 3.05) is 6.54 Å². The molecule has 0 aliphatic carbocycles. The van der Waals surface area contributed by atoms with E-state index in [2.05, 4.69) is 17.2 Å². The van der Waals surface area contributed by atoms with Crippen LogP contribution in [0, 0.1) is 5.82 Å². The summed E-state index contributed by atoms with van der Waals surface area (Å²) in [6.45, 7) is 2.95. The fourth-order valence-electron chi connectivity index (χ4n) is 2.12. The molecular weight excluding hydrogens is 310 g/mol. The largest absolute Gasteiger partial charge is 0.308 e. The van der Waals surface area contributed by atoms with E-state index in [1.165, 1.54) is 12.1 Å². The Morgan fingerprint density at radius 1 is 1.24 bits per heavy atom. The third kappa shape index (κ3) is 4.67. The molecule has 0 bridgehead atoms. The van der Waals surface area contributed by atoms with Crippen LogP contribution in [0.4, 0.5) is 4.39 Å². The maximum atomic E-state index is 13.0. The second-order valence-electron chi connectivity index (χ2n) is 4.86. The zero-order valence-corrected chi connectivity index (χ0v) is 13.3. The minimum absolute atomic E-state index is 0.0276. The molecule has 1 aromatic carbocycles. The quantitative estimate of drug-likeness (QED) is 0.823. The molecule has 2 aromatic rings. The number of hydrogen-bond donors (Lipinski definition) is 1. The zero-order valence-electron chi connectivity index (χ0n) is 11.7. The molecule has 1 N–H and O–H groups in total. The summed E-state index contributed by atoms with van der Waals surface area (Å²) in [7, 11) is 0. The number of pyridine rings is 1. The van der Waals surface area contributed by atoms with Gasteiger partial charge in [-0.1, -0.05) is 42.3 Å². The highest BCUT2D eigenvalue weighted by Gasteiger charge is 2.16. The molecule has 21 heavy (non-hydrogen) atoms. The number of halogens is 3. The van der Waals surface area contributed by atoms with Gasteiger partial charge in [-0.3, -0.25) is 4.98 Å². The van der Waals surface area contributed by atoms with E-state index < -0.39 is 0 Å². The molecule has 0 aliphatic heterocycles. The van der Waals surface area contributed by atoms with Crippen molar-refractivity contribution in [1.82, 2.24) is 10.3 Å². The van der Waals surface area contributed by atoms with Crippen LogP contribution in [0.3, 0.4) is 0 Å². The molecule has 5 heteroatoms. The molecule has 0 amide bonds. The van der Waals surface area contributed by atoms with Crippen molar-refractivity contribution in [1.29, 1.82) is 0 Å². The molecule has 1 aromatic heterocycles. The van der Waals surface area contributed by atoms with Crippen LogP contribution in [0.5, 0.6) is 0 Å². The maximum Gasteiger partial charge on any atom is 0.123 e. The third-order valence-corrected chi connectivity index (χ3v) is 3.67. The Balaban J connectivity index is 2.22. The van der Waals surface area contributed by atoms with Crippen molar-refractivity contribution in [3.63, 3.8) is 0 Å². The minimum atomic E-state index is -0.237. The molecule has 2 rings (SSSR count). The van der Waals surface area contributed by atoms with E-state index in [9.17, 15) is 4.39 Å². The molecular formula is C16H17Cl2FN2. The van der Waals surface area contributed by atoms with E-state index in [-0.39, 0.29) is 11.9 Å². The number of nitrogens with zero attached hydrogens (tertiary/aromatic N) is 1. The molecule has 0 spiro atoms. The summed E-state index contributed by atoms with van der Waals surface area (Å²) >= 11 is 12.1. The summed E-state index contributed by atoms with van der Waals surface area (Å²) in [5.74, 6) is -0.237. The predicted molar refractivity (Wildman–Crippen MR) is 85.4 cm³/mol. The van der Waals surface area contributed by atoms with Crippen molar-refractivity contribution in [3.8, 4) is 0 Å². The van der Waals surface area contributed by atoms with Gasteiger partial charge in [-0.15, -0.1) is 0 Å². The first-order valence-electron chi connectivity index (χ1n) is 6.89. The fraction of sp³-hybridized carbons (Fsp3) is 0.312. The predicted octanol–water partition coefficient (Wildman–Crippen LogP) is 4.81. The van der Waals surface area contributed by atoms with Crippen LogP contribution in [0.1, 0.15) is 30.6 Å². The number of hydrogen-bond acceptors (Lipinski definition) is 2. The van der Waals surface area contributed by atoms with Gasteiger partial charge in [0, 0.05) is 6.20 Å². The number of rotatable bonds is 6. The molecule has 0 radical (unpaired) electrons. The van der Waals surface area contributed by atoms with Crippen molar-refractivity contribution >= 4 is 23.2 Å². The summed E-state index contributed by atoms with van der Waals surface area (Å²) in [5, 5.41) is 4.48. The van der Waals surface area contributed by atoms with Gasteiger partial charge in [0.1, 0.15) is 5.82 Å². The maximum absolute atomic E-state index is 13.0. The van der Waals surface area contributed by atoms with Crippen molar-refractivity contribution in [2.24, 2.45) is 0 Å². The van der Waals surface area contributed by atoms with Gasteiger partial charge in [-0.25, -0.2) is 4.39 Å². The van der Waals surface area contributed by atoms with Gasteiger partial charge in [0.05, 0.1) is 21.8 Å². The molecule has 2 nitrogen and oxygen atoms in total. The van der Waals surface area contributed by atoms with Crippen molar-refractivity contribution in [3.05, 3.63) is 63.6 Å². The lowest BCUT2D eigenvalue weighted by Gasteiger charge is -2.19. The van der Waals surface area contributed by atoms with E-state index in [0.29, 0.717) is 16.5 Å². The van der Waals surface area contributed by atoms with Crippen LogP contribution >= 0.6 is 23.2 Å². The monoisotopic (exact) mass is 326 g/mol. The summed E-state index contributed by atoms with van der Waals surface area (Å²) in [4.78, 5) is 4.34. The first kappa shape index (κ1) is 16.2. The first-order valence-corrected chi connectivity index (χ1v) is 7.64. The van der Waals surface area contributed by atoms with Gasteiger partial charge in [0.2, 0.25) is 0 Å². The third-order valence-electron chi connectivity index (χ3n) is 3.16. The smallest absolute Gasteiger partial charge is 0.123 e. The van der Waals surface area contributed by atoms with E-state index in [4.69, 9.17) is 23.2 Å². The number of aromatic nitrogens is 1. The standard InChI is InChI=1S/C16H17Cl2FN2/c1-2-7-20-15(8-11-3-5-13(19)6-4-11)16-14(18)9-12(17)10-21-16/h3-6,9-10,15,20H,2,7-8H2,1H3.